The Morgan fingerprint density at radius 2 is 2.19 bits per heavy atom. The van der Waals surface area contributed by atoms with Crippen LogP contribution in [0.15, 0.2) is 36.7 Å². The van der Waals surface area contributed by atoms with Gasteiger partial charge in [-0.25, -0.2) is 9.37 Å². The van der Waals surface area contributed by atoms with Crippen molar-refractivity contribution in [3.8, 4) is 0 Å². The molecule has 3 aromatic rings. The van der Waals surface area contributed by atoms with E-state index in [2.05, 4.69) is 9.97 Å². The Bertz CT molecular complexity index is 781. The molecule has 2 heterocycles. The molecule has 0 N–H and O–H groups in total. The lowest BCUT2D eigenvalue weighted by Gasteiger charge is -2.10. The third-order valence-corrected chi connectivity index (χ3v) is 3.67. The summed E-state index contributed by atoms with van der Waals surface area (Å²) in [6.07, 6.45) is 3.55. The number of halogens is 2. The summed E-state index contributed by atoms with van der Waals surface area (Å²) in [5, 5.41) is -0.252. The highest BCUT2D eigenvalue weighted by molar-refractivity contribution is 6.20. The minimum absolute atomic E-state index is 0.248. The van der Waals surface area contributed by atoms with E-state index in [4.69, 9.17) is 11.6 Å². The van der Waals surface area contributed by atoms with Crippen LogP contribution >= 0.6 is 11.6 Å². The topological polar surface area (TPSA) is 30.7 Å². The van der Waals surface area contributed by atoms with Crippen LogP contribution in [0.3, 0.4) is 0 Å². The highest BCUT2D eigenvalue weighted by atomic mass is 35.5. The summed E-state index contributed by atoms with van der Waals surface area (Å²) in [6, 6.07) is 7.17. The molecule has 3 nitrogen and oxygen atoms in total. The number of aromatic nitrogens is 3. The minimum Gasteiger partial charge on any atom is -0.322 e. The van der Waals surface area contributed by atoms with Crippen LogP contribution in [0.25, 0.3) is 11.0 Å². The van der Waals surface area contributed by atoms with Crippen molar-refractivity contribution in [3.63, 3.8) is 0 Å². The smallest absolute Gasteiger partial charge is 0.128 e. The van der Waals surface area contributed by atoms with E-state index in [9.17, 15) is 4.39 Å². The molecule has 1 atom stereocenters. The highest BCUT2D eigenvalue weighted by Gasteiger charge is 2.16. The molecule has 0 saturated carbocycles. The van der Waals surface area contributed by atoms with E-state index >= 15 is 0 Å². The molecule has 0 fully saturated rings. The zero-order chi connectivity index (χ0) is 15.0. The van der Waals surface area contributed by atoms with Gasteiger partial charge >= 0.3 is 0 Å². The van der Waals surface area contributed by atoms with E-state index in [0.29, 0.717) is 17.6 Å². The van der Waals surface area contributed by atoms with Gasteiger partial charge in [0.15, 0.2) is 0 Å². The van der Waals surface area contributed by atoms with Gasteiger partial charge in [0.1, 0.15) is 11.6 Å². The SMILES string of the molecule is Cc1cc2c(cc1F)nc(C(C)Cl)n2Cc1cccnc1. The van der Waals surface area contributed by atoms with Gasteiger partial charge in [0.05, 0.1) is 23.0 Å². The number of hydrogen-bond donors (Lipinski definition) is 0. The number of aryl methyl sites for hydroxylation is 1. The Kier molecular flexibility index (Phi) is 3.64. The maximum absolute atomic E-state index is 13.7. The standard InChI is InChI=1S/C16H15ClFN3/c1-10-6-15-14(7-13(10)18)20-16(11(2)17)21(15)9-12-4-3-5-19-8-12/h3-8,11H,9H2,1-2H3. The van der Waals surface area contributed by atoms with Gasteiger partial charge in [0.25, 0.3) is 0 Å². The van der Waals surface area contributed by atoms with Gasteiger partial charge in [-0.1, -0.05) is 6.07 Å². The van der Waals surface area contributed by atoms with Crippen LogP contribution in [-0.4, -0.2) is 14.5 Å². The fraction of sp³-hybridized carbons (Fsp3) is 0.250. The van der Waals surface area contributed by atoms with Crippen molar-refractivity contribution in [2.24, 2.45) is 0 Å². The molecule has 0 spiro atoms. The van der Waals surface area contributed by atoms with Gasteiger partial charge in [0, 0.05) is 18.5 Å². The molecule has 108 valence electrons. The lowest BCUT2D eigenvalue weighted by molar-refractivity contribution is 0.620. The normalized spacial score (nSPS) is 12.8. The predicted molar refractivity (Wildman–Crippen MR) is 82.0 cm³/mol. The Morgan fingerprint density at radius 1 is 1.38 bits per heavy atom. The molecular formula is C16H15ClFN3. The predicted octanol–water partition coefficient (Wildman–Crippen LogP) is 4.23. The Balaban J connectivity index is 2.18. The number of pyridine rings is 1. The molecule has 0 radical (unpaired) electrons. The van der Waals surface area contributed by atoms with Gasteiger partial charge < -0.3 is 4.57 Å². The Morgan fingerprint density at radius 3 is 2.86 bits per heavy atom. The fourth-order valence-corrected chi connectivity index (χ4v) is 2.58. The van der Waals surface area contributed by atoms with E-state index < -0.39 is 0 Å². The zero-order valence-corrected chi connectivity index (χ0v) is 12.6. The second-order valence-electron chi connectivity index (χ2n) is 5.12. The molecule has 3 rings (SSSR count). The van der Waals surface area contributed by atoms with Crippen molar-refractivity contribution in [1.82, 2.24) is 14.5 Å². The molecule has 2 aromatic heterocycles. The average molecular weight is 304 g/mol. The monoisotopic (exact) mass is 303 g/mol. The molecule has 1 unspecified atom stereocenters. The van der Waals surface area contributed by atoms with E-state index in [1.165, 1.54) is 6.07 Å². The molecule has 0 saturated heterocycles. The van der Waals surface area contributed by atoms with Crippen molar-refractivity contribution in [2.45, 2.75) is 25.8 Å². The van der Waals surface area contributed by atoms with Crippen LogP contribution < -0.4 is 0 Å². The number of alkyl halides is 1. The number of fused-ring (bicyclic) bond motifs is 1. The number of benzene rings is 1. The number of hydrogen-bond acceptors (Lipinski definition) is 2. The summed E-state index contributed by atoms with van der Waals surface area (Å²) in [4.78, 5) is 8.61. The molecule has 0 aliphatic rings. The quantitative estimate of drug-likeness (QED) is 0.678. The third-order valence-electron chi connectivity index (χ3n) is 3.48. The van der Waals surface area contributed by atoms with Crippen LogP contribution in [0.5, 0.6) is 0 Å². The minimum atomic E-state index is -0.252. The molecule has 0 amide bonds. The summed E-state index contributed by atoms with van der Waals surface area (Å²) < 4.78 is 15.7. The van der Waals surface area contributed by atoms with Gasteiger partial charge in [0.2, 0.25) is 0 Å². The number of rotatable bonds is 3. The molecular weight excluding hydrogens is 289 g/mol. The van der Waals surface area contributed by atoms with Gasteiger partial charge in [-0.15, -0.1) is 11.6 Å². The second kappa shape index (κ2) is 5.45. The number of nitrogens with zero attached hydrogens (tertiary/aromatic N) is 3. The molecule has 0 aliphatic carbocycles. The maximum Gasteiger partial charge on any atom is 0.128 e. The second-order valence-corrected chi connectivity index (χ2v) is 5.78. The first-order valence-electron chi connectivity index (χ1n) is 6.75. The van der Waals surface area contributed by atoms with Crippen LogP contribution in [0.2, 0.25) is 0 Å². The highest BCUT2D eigenvalue weighted by Crippen LogP contribution is 2.27. The van der Waals surface area contributed by atoms with Crippen molar-refractivity contribution in [3.05, 3.63) is 59.4 Å². The van der Waals surface area contributed by atoms with Crippen LogP contribution in [0.1, 0.15) is 29.3 Å². The molecule has 0 aliphatic heterocycles. The van der Waals surface area contributed by atoms with Gasteiger partial charge in [-0.05, 0) is 37.1 Å². The van der Waals surface area contributed by atoms with Crippen molar-refractivity contribution >= 4 is 22.6 Å². The summed E-state index contributed by atoms with van der Waals surface area (Å²) in [6.45, 7) is 4.23. The summed E-state index contributed by atoms with van der Waals surface area (Å²) in [5.41, 5.74) is 3.17. The molecule has 0 bridgehead atoms. The summed E-state index contributed by atoms with van der Waals surface area (Å²) in [5.74, 6) is 0.489. The first kappa shape index (κ1) is 14.0. The van der Waals surface area contributed by atoms with Crippen LogP contribution in [-0.2, 0) is 6.54 Å². The molecule has 5 heteroatoms. The lowest BCUT2D eigenvalue weighted by atomic mass is 10.2. The Hall–Kier alpha value is -1.94. The van der Waals surface area contributed by atoms with E-state index in [1.54, 1.807) is 13.1 Å². The van der Waals surface area contributed by atoms with Crippen molar-refractivity contribution in [1.29, 1.82) is 0 Å². The average Bonchev–Trinajstić information content (AvgIpc) is 2.79. The lowest BCUT2D eigenvalue weighted by Crippen LogP contribution is -2.06. The number of imidazole rings is 1. The largest absolute Gasteiger partial charge is 0.322 e. The Labute approximate surface area is 127 Å². The van der Waals surface area contributed by atoms with Crippen molar-refractivity contribution < 1.29 is 4.39 Å². The van der Waals surface area contributed by atoms with Gasteiger partial charge in [-0.2, -0.15) is 0 Å². The van der Waals surface area contributed by atoms with E-state index in [0.717, 1.165) is 16.9 Å². The maximum atomic E-state index is 13.7. The first-order valence-corrected chi connectivity index (χ1v) is 7.19. The summed E-state index contributed by atoms with van der Waals surface area (Å²) >= 11 is 6.23. The molecule has 21 heavy (non-hydrogen) atoms. The van der Waals surface area contributed by atoms with Crippen LogP contribution in [0.4, 0.5) is 4.39 Å². The van der Waals surface area contributed by atoms with E-state index in [1.807, 2.05) is 35.9 Å². The van der Waals surface area contributed by atoms with Crippen molar-refractivity contribution in [2.75, 3.05) is 0 Å². The molecule has 1 aromatic carbocycles. The fourth-order valence-electron chi connectivity index (χ4n) is 2.41. The summed E-state index contributed by atoms with van der Waals surface area (Å²) in [7, 11) is 0. The van der Waals surface area contributed by atoms with Gasteiger partial charge in [-0.3, -0.25) is 4.98 Å². The zero-order valence-electron chi connectivity index (χ0n) is 11.8. The third kappa shape index (κ3) is 2.63. The van der Waals surface area contributed by atoms with Crippen LogP contribution in [0, 0.1) is 12.7 Å². The first-order chi connectivity index (χ1) is 10.1. The van der Waals surface area contributed by atoms with E-state index in [-0.39, 0.29) is 11.2 Å².